The average Bonchev–Trinajstić information content (AvgIpc) is 3.18. The summed E-state index contributed by atoms with van der Waals surface area (Å²) in [4.78, 5) is 16.7. The number of nitrogens with two attached hydrogens (primary N) is 1. The van der Waals surface area contributed by atoms with Crippen LogP contribution >= 0.6 is 11.6 Å². The van der Waals surface area contributed by atoms with E-state index >= 15 is 0 Å². The second-order valence-corrected chi connectivity index (χ2v) is 7.23. The van der Waals surface area contributed by atoms with Crippen molar-refractivity contribution in [2.24, 2.45) is 5.92 Å². The zero-order valence-corrected chi connectivity index (χ0v) is 14.9. The van der Waals surface area contributed by atoms with Crippen LogP contribution in [0.25, 0.3) is 0 Å². The minimum Gasteiger partial charge on any atom is -0.399 e. The molecule has 0 bridgehead atoms. The second-order valence-electron chi connectivity index (χ2n) is 6.96. The number of benzene rings is 2. The maximum atomic E-state index is 12.5. The number of carbonyl (C=O) groups is 1. The smallest absolute Gasteiger partial charge is 0.227 e. The second kappa shape index (κ2) is 6.60. The molecular weight excluding hydrogens is 334 g/mol. The van der Waals surface area contributed by atoms with Gasteiger partial charge in [-0.25, -0.2) is 0 Å². The van der Waals surface area contributed by atoms with Gasteiger partial charge in [0.25, 0.3) is 0 Å². The van der Waals surface area contributed by atoms with Crippen LogP contribution in [0.3, 0.4) is 0 Å². The normalized spacial score (nSPS) is 19.6. The standard InChI is InChI=1S/C20H22ClN3O/c21-11-14-4-5-19-16(8-14)6-7-23(19)12-15-9-20(25)24(13-15)18-3-1-2-17(22)10-18/h1-5,8,10,15H,6-7,9,11-13,22H2. The Balaban J connectivity index is 1.46. The predicted octanol–water partition coefficient (Wildman–Crippen LogP) is 3.42. The lowest BCUT2D eigenvalue weighted by atomic mass is 10.1. The van der Waals surface area contributed by atoms with E-state index in [4.69, 9.17) is 17.3 Å². The largest absolute Gasteiger partial charge is 0.399 e. The first-order valence-electron chi connectivity index (χ1n) is 8.72. The van der Waals surface area contributed by atoms with Crippen molar-refractivity contribution in [3.8, 4) is 0 Å². The van der Waals surface area contributed by atoms with Gasteiger partial charge in [-0.05, 0) is 41.8 Å². The molecule has 4 rings (SSSR count). The van der Waals surface area contributed by atoms with Crippen LogP contribution < -0.4 is 15.5 Å². The summed E-state index contributed by atoms with van der Waals surface area (Å²) in [6, 6.07) is 14.1. The van der Waals surface area contributed by atoms with Gasteiger partial charge in [0, 0.05) is 54.9 Å². The van der Waals surface area contributed by atoms with Gasteiger partial charge in [-0.3, -0.25) is 4.79 Å². The van der Waals surface area contributed by atoms with Crippen molar-refractivity contribution in [2.45, 2.75) is 18.7 Å². The number of hydrogen-bond acceptors (Lipinski definition) is 3. The first-order valence-corrected chi connectivity index (χ1v) is 9.26. The lowest BCUT2D eigenvalue weighted by Gasteiger charge is -2.23. The molecule has 1 fully saturated rings. The summed E-state index contributed by atoms with van der Waals surface area (Å²) in [5.41, 5.74) is 11.3. The summed E-state index contributed by atoms with van der Waals surface area (Å²) >= 11 is 5.94. The van der Waals surface area contributed by atoms with E-state index in [1.807, 2.05) is 29.2 Å². The van der Waals surface area contributed by atoms with Crippen LogP contribution in [0.4, 0.5) is 17.1 Å². The van der Waals surface area contributed by atoms with E-state index in [0.717, 1.165) is 31.7 Å². The minimum atomic E-state index is 0.188. The lowest BCUT2D eigenvalue weighted by molar-refractivity contribution is -0.117. The Hall–Kier alpha value is -2.20. The molecule has 2 aromatic rings. The molecule has 0 saturated carbocycles. The summed E-state index contributed by atoms with van der Waals surface area (Å²) in [7, 11) is 0. The van der Waals surface area contributed by atoms with E-state index in [9.17, 15) is 4.79 Å². The molecule has 1 unspecified atom stereocenters. The number of alkyl halides is 1. The molecule has 1 saturated heterocycles. The SMILES string of the molecule is Nc1cccc(N2CC(CN3CCc4cc(CCl)ccc43)CC2=O)c1. The summed E-state index contributed by atoms with van der Waals surface area (Å²) in [5.74, 6) is 1.08. The molecule has 1 amide bonds. The number of hydrogen-bond donors (Lipinski definition) is 1. The Kier molecular flexibility index (Phi) is 4.30. The van der Waals surface area contributed by atoms with Crippen LogP contribution in [-0.4, -0.2) is 25.5 Å². The van der Waals surface area contributed by atoms with Crippen molar-refractivity contribution in [2.75, 3.05) is 35.2 Å². The third-order valence-corrected chi connectivity index (χ3v) is 5.46. The van der Waals surface area contributed by atoms with Crippen molar-refractivity contribution in [3.63, 3.8) is 0 Å². The van der Waals surface area contributed by atoms with E-state index in [0.29, 0.717) is 23.9 Å². The summed E-state index contributed by atoms with van der Waals surface area (Å²) in [6.45, 7) is 2.69. The number of halogens is 1. The summed E-state index contributed by atoms with van der Waals surface area (Å²) < 4.78 is 0. The highest BCUT2D eigenvalue weighted by atomic mass is 35.5. The van der Waals surface area contributed by atoms with Gasteiger partial charge < -0.3 is 15.5 Å². The van der Waals surface area contributed by atoms with Crippen molar-refractivity contribution < 1.29 is 4.79 Å². The van der Waals surface area contributed by atoms with Crippen LogP contribution in [-0.2, 0) is 17.1 Å². The van der Waals surface area contributed by atoms with Crippen LogP contribution in [0.1, 0.15) is 17.5 Å². The van der Waals surface area contributed by atoms with Crippen molar-refractivity contribution in [1.29, 1.82) is 0 Å². The van der Waals surface area contributed by atoms with Crippen LogP contribution in [0.2, 0.25) is 0 Å². The van der Waals surface area contributed by atoms with Gasteiger partial charge in [-0.2, -0.15) is 0 Å². The van der Waals surface area contributed by atoms with E-state index in [1.54, 1.807) is 0 Å². The Bertz CT molecular complexity index is 807. The van der Waals surface area contributed by atoms with Crippen molar-refractivity contribution in [3.05, 3.63) is 53.6 Å². The first-order chi connectivity index (χ1) is 12.1. The molecule has 2 aliphatic heterocycles. The number of anilines is 3. The summed E-state index contributed by atoms with van der Waals surface area (Å²) in [6.07, 6.45) is 1.65. The van der Waals surface area contributed by atoms with Gasteiger partial charge in [0.1, 0.15) is 0 Å². The molecule has 4 nitrogen and oxygen atoms in total. The molecule has 2 heterocycles. The molecule has 130 valence electrons. The summed E-state index contributed by atoms with van der Waals surface area (Å²) in [5, 5.41) is 0. The first kappa shape index (κ1) is 16.3. The van der Waals surface area contributed by atoms with Gasteiger partial charge in [-0.15, -0.1) is 11.6 Å². The number of nitrogen functional groups attached to an aromatic ring is 1. The third kappa shape index (κ3) is 3.19. The van der Waals surface area contributed by atoms with Gasteiger partial charge in [0.05, 0.1) is 0 Å². The van der Waals surface area contributed by atoms with Gasteiger partial charge >= 0.3 is 0 Å². The Morgan fingerprint density at radius 2 is 2.08 bits per heavy atom. The lowest BCUT2D eigenvalue weighted by Crippen LogP contribution is -2.30. The maximum absolute atomic E-state index is 12.5. The molecule has 5 heteroatoms. The molecule has 2 N–H and O–H groups in total. The minimum absolute atomic E-state index is 0.188. The topological polar surface area (TPSA) is 49.6 Å². The number of carbonyl (C=O) groups excluding carboxylic acids is 1. The monoisotopic (exact) mass is 355 g/mol. The Labute approximate surface area is 153 Å². The van der Waals surface area contributed by atoms with Crippen LogP contribution in [0, 0.1) is 5.92 Å². The van der Waals surface area contributed by atoms with Gasteiger partial charge in [0.15, 0.2) is 0 Å². The molecule has 0 radical (unpaired) electrons. The van der Waals surface area contributed by atoms with Crippen molar-refractivity contribution in [1.82, 2.24) is 0 Å². The van der Waals surface area contributed by atoms with E-state index in [1.165, 1.54) is 16.8 Å². The fourth-order valence-electron chi connectivity index (χ4n) is 3.95. The van der Waals surface area contributed by atoms with Crippen molar-refractivity contribution >= 4 is 34.6 Å². The molecule has 0 spiro atoms. The van der Waals surface area contributed by atoms with Gasteiger partial charge in [0.2, 0.25) is 5.91 Å². The average molecular weight is 356 g/mol. The van der Waals surface area contributed by atoms with Crippen LogP contribution in [0.5, 0.6) is 0 Å². The van der Waals surface area contributed by atoms with E-state index < -0.39 is 0 Å². The van der Waals surface area contributed by atoms with Gasteiger partial charge in [-0.1, -0.05) is 18.2 Å². The highest BCUT2D eigenvalue weighted by Crippen LogP contribution is 2.32. The van der Waals surface area contributed by atoms with Crippen LogP contribution in [0.15, 0.2) is 42.5 Å². The molecule has 2 aromatic carbocycles. The number of nitrogens with zero attached hydrogens (tertiary/aromatic N) is 2. The fraction of sp³-hybridized carbons (Fsp3) is 0.350. The zero-order valence-electron chi connectivity index (χ0n) is 14.1. The third-order valence-electron chi connectivity index (χ3n) is 5.16. The molecule has 0 aromatic heterocycles. The zero-order chi connectivity index (χ0) is 17.4. The quantitative estimate of drug-likeness (QED) is 0.675. The Morgan fingerprint density at radius 1 is 1.20 bits per heavy atom. The molecule has 25 heavy (non-hydrogen) atoms. The number of rotatable bonds is 4. The molecule has 2 aliphatic rings. The van der Waals surface area contributed by atoms with E-state index in [2.05, 4.69) is 23.1 Å². The highest BCUT2D eigenvalue weighted by molar-refractivity contribution is 6.17. The fourth-order valence-corrected chi connectivity index (χ4v) is 4.12. The molecular formula is C20H22ClN3O. The molecule has 1 atom stereocenters. The predicted molar refractivity (Wildman–Crippen MR) is 103 cm³/mol. The number of amides is 1. The van der Waals surface area contributed by atoms with E-state index in [-0.39, 0.29) is 5.91 Å². The maximum Gasteiger partial charge on any atom is 0.227 e. The Morgan fingerprint density at radius 3 is 2.88 bits per heavy atom. The molecule has 0 aliphatic carbocycles. The highest BCUT2D eigenvalue weighted by Gasteiger charge is 2.33. The number of fused-ring (bicyclic) bond motifs is 1.